The summed E-state index contributed by atoms with van der Waals surface area (Å²) < 4.78 is 0. The SMILES string of the molecule is CCc1ccc(-c2[nH]ncc2C(=O)N2CCC(N)CC2)cc1. The van der Waals surface area contributed by atoms with E-state index in [1.165, 1.54) is 5.56 Å². The van der Waals surface area contributed by atoms with Crippen LogP contribution in [-0.4, -0.2) is 40.1 Å². The number of piperidine rings is 1. The van der Waals surface area contributed by atoms with E-state index in [1.54, 1.807) is 6.20 Å². The number of carbonyl (C=O) groups excluding carboxylic acids is 1. The molecule has 22 heavy (non-hydrogen) atoms. The Balaban J connectivity index is 1.83. The van der Waals surface area contributed by atoms with E-state index in [4.69, 9.17) is 5.73 Å². The van der Waals surface area contributed by atoms with E-state index in [0.29, 0.717) is 5.56 Å². The van der Waals surface area contributed by atoms with Crippen LogP contribution in [0.25, 0.3) is 11.3 Å². The zero-order chi connectivity index (χ0) is 15.5. The second-order valence-electron chi connectivity index (χ2n) is 5.84. The average Bonchev–Trinajstić information content (AvgIpc) is 3.04. The second-order valence-corrected chi connectivity index (χ2v) is 5.84. The van der Waals surface area contributed by atoms with Gasteiger partial charge in [0.25, 0.3) is 5.91 Å². The number of aromatic amines is 1. The third-order valence-electron chi connectivity index (χ3n) is 4.35. The molecule has 0 bridgehead atoms. The topological polar surface area (TPSA) is 75.0 Å². The molecule has 2 heterocycles. The summed E-state index contributed by atoms with van der Waals surface area (Å²) in [6, 6.07) is 8.47. The lowest BCUT2D eigenvalue weighted by Crippen LogP contribution is -2.42. The molecule has 0 atom stereocenters. The molecule has 116 valence electrons. The van der Waals surface area contributed by atoms with Gasteiger partial charge in [0.1, 0.15) is 0 Å². The number of likely N-dealkylation sites (tertiary alicyclic amines) is 1. The van der Waals surface area contributed by atoms with Gasteiger partial charge in [0.15, 0.2) is 0 Å². The second kappa shape index (κ2) is 6.32. The number of nitrogens with zero attached hydrogens (tertiary/aromatic N) is 2. The number of aryl methyl sites for hydroxylation is 1. The number of hydrogen-bond donors (Lipinski definition) is 2. The molecule has 1 amide bonds. The van der Waals surface area contributed by atoms with E-state index in [0.717, 1.165) is 43.6 Å². The maximum Gasteiger partial charge on any atom is 0.257 e. The summed E-state index contributed by atoms with van der Waals surface area (Å²) in [7, 11) is 0. The molecular formula is C17H22N4O. The predicted octanol–water partition coefficient (Wildman–Crippen LogP) is 2.20. The van der Waals surface area contributed by atoms with Crippen molar-refractivity contribution in [1.82, 2.24) is 15.1 Å². The van der Waals surface area contributed by atoms with Crippen LogP contribution in [0.15, 0.2) is 30.5 Å². The van der Waals surface area contributed by atoms with E-state index in [9.17, 15) is 4.79 Å². The largest absolute Gasteiger partial charge is 0.338 e. The van der Waals surface area contributed by atoms with Crippen LogP contribution in [0.3, 0.4) is 0 Å². The molecule has 1 aromatic carbocycles. The summed E-state index contributed by atoms with van der Waals surface area (Å²) in [5, 5.41) is 7.04. The Bertz CT molecular complexity index is 639. The maximum absolute atomic E-state index is 12.7. The molecule has 0 saturated carbocycles. The lowest BCUT2D eigenvalue weighted by Gasteiger charge is -2.30. The first-order chi connectivity index (χ1) is 10.7. The molecule has 5 heteroatoms. The van der Waals surface area contributed by atoms with Gasteiger partial charge < -0.3 is 10.6 Å². The molecule has 5 nitrogen and oxygen atoms in total. The molecule has 0 spiro atoms. The van der Waals surface area contributed by atoms with Gasteiger partial charge in [-0.05, 0) is 24.8 Å². The van der Waals surface area contributed by atoms with Crippen LogP contribution in [0, 0.1) is 0 Å². The summed E-state index contributed by atoms with van der Waals surface area (Å²) in [5.74, 6) is 0.0372. The molecule has 2 aromatic rings. The van der Waals surface area contributed by atoms with Crippen LogP contribution >= 0.6 is 0 Å². The van der Waals surface area contributed by atoms with Gasteiger partial charge in [-0.25, -0.2) is 0 Å². The number of hydrogen-bond acceptors (Lipinski definition) is 3. The number of amides is 1. The summed E-state index contributed by atoms with van der Waals surface area (Å²) in [6.45, 7) is 3.57. The van der Waals surface area contributed by atoms with Crippen LogP contribution in [0.2, 0.25) is 0 Å². The van der Waals surface area contributed by atoms with Gasteiger partial charge in [-0.1, -0.05) is 31.2 Å². The lowest BCUT2D eigenvalue weighted by molar-refractivity contribution is 0.0715. The molecule has 3 N–H and O–H groups in total. The summed E-state index contributed by atoms with van der Waals surface area (Å²) in [5.41, 5.74) is 9.61. The van der Waals surface area contributed by atoms with Gasteiger partial charge in [-0.3, -0.25) is 9.89 Å². The fourth-order valence-electron chi connectivity index (χ4n) is 2.85. The van der Waals surface area contributed by atoms with Gasteiger partial charge >= 0.3 is 0 Å². The van der Waals surface area contributed by atoms with Crippen molar-refractivity contribution in [1.29, 1.82) is 0 Å². The lowest BCUT2D eigenvalue weighted by atomic mass is 10.0. The van der Waals surface area contributed by atoms with Gasteiger partial charge in [0, 0.05) is 24.7 Å². The number of nitrogens with two attached hydrogens (primary N) is 1. The Morgan fingerprint density at radius 3 is 2.64 bits per heavy atom. The first kappa shape index (κ1) is 14.8. The van der Waals surface area contributed by atoms with Crippen LogP contribution in [0.1, 0.15) is 35.7 Å². The molecule has 0 aliphatic carbocycles. The quantitative estimate of drug-likeness (QED) is 0.912. The van der Waals surface area contributed by atoms with Gasteiger partial charge in [-0.2, -0.15) is 5.10 Å². The number of H-pyrrole nitrogens is 1. The third kappa shape index (κ3) is 2.90. The van der Waals surface area contributed by atoms with Crippen molar-refractivity contribution in [3.05, 3.63) is 41.6 Å². The number of rotatable bonds is 3. The fourth-order valence-corrected chi connectivity index (χ4v) is 2.85. The van der Waals surface area contributed by atoms with Gasteiger partial charge in [-0.15, -0.1) is 0 Å². The van der Waals surface area contributed by atoms with Crippen molar-refractivity contribution < 1.29 is 4.79 Å². The zero-order valence-corrected chi connectivity index (χ0v) is 12.9. The molecule has 1 saturated heterocycles. The van der Waals surface area contributed by atoms with Crippen LogP contribution < -0.4 is 5.73 Å². The molecule has 3 rings (SSSR count). The Kier molecular flexibility index (Phi) is 4.24. The standard InChI is InChI=1S/C17H22N4O/c1-2-12-3-5-13(6-4-12)16-15(11-19-20-16)17(22)21-9-7-14(18)8-10-21/h3-6,11,14H,2,7-10,18H2,1H3,(H,19,20). The highest BCUT2D eigenvalue weighted by Gasteiger charge is 2.24. The minimum atomic E-state index is 0.0372. The number of nitrogens with one attached hydrogen (secondary N) is 1. The van der Waals surface area contributed by atoms with Gasteiger partial charge in [0.05, 0.1) is 17.5 Å². The van der Waals surface area contributed by atoms with Crippen molar-refractivity contribution in [2.75, 3.05) is 13.1 Å². The van der Waals surface area contributed by atoms with Crippen molar-refractivity contribution in [2.45, 2.75) is 32.2 Å². The Morgan fingerprint density at radius 1 is 1.32 bits per heavy atom. The number of carbonyl (C=O) groups is 1. The Morgan fingerprint density at radius 2 is 2.00 bits per heavy atom. The van der Waals surface area contributed by atoms with Crippen molar-refractivity contribution in [2.24, 2.45) is 5.73 Å². The van der Waals surface area contributed by atoms with E-state index >= 15 is 0 Å². The van der Waals surface area contributed by atoms with E-state index in [-0.39, 0.29) is 11.9 Å². The first-order valence-corrected chi connectivity index (χ1v) is 7.86. The smallest absolute Gasteiger partial charge is 0.257 e. The Labute approximate surface area is 130 Å². The molecule has 1 aliphatic rings. The molecule has 1 fully saturated rings. The van der Waals surface area contributed by atoms with Crippen LogP contribution in [0.4, 0.5) is 0 Å². The minimum Gasteiger partial charge on any atom is -0.338 e. The van der Waals surface area contributed by atoms with E-state index < -0.39 is 0 Å². The number of aromatic nitrogens is 2. The summed E-state index contributed by atoms with van der Waals surface area (Å²) in [4.78, 5) is 14.6. The van der Waals surface area contributed by atoms with Crippen molar-refractivity contribution in [3.8, 4) is 11.3 Å². The average molecular weight is 298 g/mol. The van der Waals surface area contributed by atoms with Crippen LogP contribution in [-0.2, 0) is 6.42 Å². The van der Waals surface area contributed by atoms with Gasteiger partial charge in [0.2, 0.25) is 0 Å². The molecule has 0 unspecified atom stereocenters. The molecule has 0 radical (unpaired) electrons. The normalized spacial score (nSPS) is 16.0. The monoisotopic (exact) mass is 298 g/mol. The van der Waals surface area contributed by atoms with Crippen LogP contribution in [0.5, 0.6) is 0 Å². The summed E-state index contributed by atoms with van der Waals surface area (Å²) >= 11 is 0. The summed E-state index contributed by atoms with van der Waals surface area (Å²) in [6.07, 6.45) is 4.36. The molecule has 1 aromatic heterocycles. The highest BCUT2D eigenvalue weighted by atomic mass is 16.2. The first-order valence-electron chi connectivity index (χ1n) is 7.86. The molecular weight excluding hydrogens is 276 g/mol. The minimum absolute atomic E-state index is 0.0372. The number of benzene rings is 1. The van der Waals surface area contributed by atoms with Crippen molar-refractivity contribution >= 4 is 5.91 Å². The van der Waals surface area contributed by atoms with Crippen molar-refractivity contribution in [3.63, 3.8) is 0 Å². The Hall–Kier alpha value is -2.14. The third-order valence-corrected chi connectivity index (χ3v) is 4.35. The maximum atomic E-state index is 12.7. The highest BCUT2D eigenvalue weighted by Crippen LogP contribution is 2.24. The van der Waals surface area contributed by atoms with E-state index in [1.807, 2.05) is 17.0 Å². The highest BCUT2D eigenvalue weighted by molar-refractivity contribution is 5.99. The zero-order valence-electron chi connectivity index (χ0n) is 12.9. The van der Waals surface area contributed by atoms with E-state index in [2.05, 4.69) is 29.3 Å². The fraction of sp³-hybridized carbons (Fsp3) is 0.412. The molecule has 1 aliphatic heterocycles. The predicted molar refractivity (Wildman–Crippen MR) is 86.5 cm³/mol.